The van der Waals surface area contributed by atoms with Crippen LogP contribution in [0.15, 0.2) is 65.7 Å². The van der Waals surface area contributed by atoms with Gasteiger partial charge in [-0.15, -0.1) is 17.0 Å². The molecule has 4 heteroatoms. The number of likely N-dealkylation sites (N-methyl/N-ethyl adjacent to an activating group) is 1. The first-order valence-corrected chi connectivity index (χ1v) is 7.71. The second-order valence-corrected chi connectivity index (χ2v) is 6.25. The molecular formula is C19H25BrN2O. The molecule has 0 N–H and O–H groups in total. The van der Waals surface area contributed by atoms with Gasteiger partial charge in [-0.3, -0.25) is 4.99 Å². The molecule has 0 spiro atoms. The minimum Gasteiger partial charge on any atom is -0.858 e. The predicted molar refractivity (Wildman–Crippen MR) is 100 cm³/mol. The molecule has 0 bridgehead atoms. The number of benzene rings is 2. The Balaban J connectivity index is 0.00000264. The van der Waals surface area contributed by atoms with Crippen LogP contribution in [0, 0.1) is 0 Å². The number of aliphatic imine (C=N–C) groups is 1. The van der Waals surface area contributed by atoms with Crippen molar-refractivity contribution in [1.82, 2.24) is 0 Å². The Morgan fingerprint density at radius 2 is 1.52 bits per heavy atom. The molecule has 0 aliphatic rings. The van der Waals surface area contributed by atoms with Crippen molar-refractivity contribution >= 4 is 28.6 Å². The fourth-order valence-electron chi connectivity index (χ4n) is 2.48. The fraction of sp³-hybridized carbons (Fsp3) is 0.316. The van der Waals surface area contributed by atoms with Crippen molar-refractivity contribution in [2.75, 3.05) is 27.2 Å². The van der Waals surface area contributed by atoms with E-state index in [0.29, 0.717) is 11.0 Å². The first-order chi connectivity index (χ1) is 10.6. The van der Waals surface area contributed by atoms with Gasteiger partial charge in [0.05, 0.1) is 26.3 Å². The number of hydrogen-bond acceptors (Lipinski definition) is 2. The Morgan fingerprint density at radius 3 is 2.13 bits per heavy atom. The van der Waals surface area contributed by atoms with Crippen molar-refractivity contribution in [1.29, 1.82) is 0 Å². The highest BCUT2D eigenvalue weighted by molar-refractivity contribution is 8.93. The molecule has 23 heavy (non-hydrogen) atoms. The minimum absolute atomic E-state index is 0. The molecule has 0 saturated carbocycles. The van der Waals surface area contributed by atoms with E-state index in [9.17, 15) is 5.11 Å². The lowest BCUT2D eigenvalue weighted by atomic mass is 10.1. The van der Waals surface area contributed by atoms with E-state index in [-0.39, 0.29) is 22.9 Å². The van der Waals surface area contributed by atoms with Gasteiger partial charge in [0.15, 0.2) is 0 Å². The van der Waals surface area contributed by atoms with E-state index in [1.54, 1.807) is 0 Å². The van der Waals surface area contributed by atoms with Crippen molar-refractivity contribution in [3.63, 3.8) is 0 Å². The Hall–Kier alpha value is -1.65. The van der Waals surface area contributed by atoms with Gasteiger partial charge < -0.3 is 9.59 Å². The van der Waals surface area contributed by atoms with Crippen LogP contribution in [0.3, 0.4) is 0 Å². The fourth-order valence-corrected chi connectivity index (χ4v) is 2.48. The van der Waals surface area contributed by atoms with E-state index >= 15 is 0 Å². The third-order valence-corrected chi connectivity index (χ3v) is 3.65. The summed E-state index contributed by atoms with van der Waals surface area (Å²) in [7, 11) is 4.17. The summed E-state index contributed by atoms with van der Waals surface area (Å²) in [6, 6.07) is 19.9. The van der Waals surface area contributed by atoms with Crippen molar-refractivity contribution in [2.24, 2.45) is 4.99 Å². The van der Waals surface area contributed by atoms with Crippen LogP contribution in [0.2, 0.25) is 0 Å². The molecule has 0 saturated heterocycles. The zero-order chi connectivity index (χ0) is 15.8. The second kappa shape index (κ2) is 9.48. The van der Waals surface area contributed by atoms with Crippen LogP contribution in [-0.2, 0) is 6.42 Å². The van der Waals surface area contributed by atoms with E-state index in [2.05, 4.69) is 43.4 Å². The molecule has 0 fully saturated rings. The van der Waals surface area contributed by atoms with Crippen molar-refractivity contribution in [3.05, 3.63) is 66.2 Å². The van der Waals surface area contributed by atoms with Crippen LogP contribution < -0.4 is 5.11 Å². The Bertz CT molecular complexity index is 597. The maximum Gasteiger partial charge on any atom is 0.107 e. The minimum atomic E-state index is -0.0593. The molecule has 2 aromatic carbocycles. The molecule has 0 amide bonds. The topological polar surface area (TPSA) is 35.4 Å². The van der Waals surface area contributed by atoms with Crippen LogP contribution >= 0.6 is 17.0 Å². The molecule has 3 nitrogen and oxygen atoms in total. The summed E-state index contributed by atoms with van der Waals surface area (Å²) in [5.41, 5.74) is 2.08. The van der Waals surface area contributed by atoms with E-state index in [1.165, 1.54) is 5.56 Å². The molecule has 0 radical (unpaired) electrons. The van der Waals surface area contributed by atoms with Gasteiger partial charge >= 0.3 is 0 Å². The first kappa shape index (κ1) is 19.4. The van der Waals surface area contributed by atoms with Gasteiger partial charge in [-0.05, 0) is 24.1 Å². The highest BCUT2D eigenvalue weighted by Gasteiger charge is 2.14. The number of halogens is 1. The molecule has 0 heterocycles. The summed E-state index contributed by atoms with van der Waals surface area (Å²) in [5.74, 6) is -0.0593. The van der Waals surface area contributed by atoms with Gasteiger partial charge in [0.1, 0.15) is 6.54 Å². The van der Waals surface area contributed by atoms with Crippen molar-refractivity contribution in [3.8, 4) is 0 Å². The quantitative estimate of drug-likeness (QED) is 0.414. The summed E-state index contributed by atoms with van der Waals surface area (Å²) < 4.78 is 0.669. The molecule has 2 aromatic rings. The van der Waals surface area contributed by atoms with E-state index in [1.807, 2.05) is 36.4 Å². The molecule has 0 aliphatic carbocycles. The number of hydrogen-bond donors (Lipinski definition) is 0. The zero-order valence-electron chi connectivity index (χ0n) is 13.8. The normalized spacial score (nSPS) is 11.8. The lowest BCUT2D eigenvalue weighted by Crippen LogP contribution is -2.47. The molecule has 0 aromatic heterocycles. The monoisotopic (exact) mass is 376 g/mol. The summed E-state index contributed by atoms with van der Waals surface area (Å²) in [6.07, 6.45) is 2.11. The maximum absolute atomic E-state index is 12.1. The summed E-state index contributed by atoms with van der Waals surface area (Å²) in [4.78, 5) is 4.16. The largest absolute Gasteiger partial charge is 0.858 e. The van der Waals surface area contributed by atoms with Gasteiger partial charge in [-0.2, -0.15) is 0 Å². The lowest BCUT2D eigenvalue weighted by molar-refractivity contribution is -0.883. The molecule has 124 valence electrons. The predicted octanol–water partition coefficient (Wildman–Crippen LogP) is 3.36. The highest BCUT2D eigenvalue weighted by Crippen LogP contribution is 2.11. The number of quaternary nitrogens is 1. The first-order valence-electron chi connectivity index (χ1n) is 7.71. The zero-order valence-corrected chi connectivity index (χ0v) is 15.5. The molecule has 2 rings (SSSR count). The van der Waals surface area contributed by atoms with Gasteiger partial charge in [-0.1, -0.05) is 48.5 Å². The Kier molecular flexibility index (Phi) is 8.00. The third-order valence-electron chi connectivity index (χ3n) is 3.65. The highest BCUT2D eigenvalue weighted by atomic mass is 79.9. The standard InChI is InChI=1S/C19H24N2O.BrH/c1-21(2,15-9-12-17-10-5-3-6-11-17)16-19(22)20-18-13-7-4-8-14-18;/h3-8,10-11,13-14H,9,12,15-16H2,1-2H3;1H. The number of para-hydroxylation sites is 1. The van der Waals surface area contributed by atoms with Crippen LogP contribution in [0.1, 0.15) is 12.0 Å². The van der Waals surface area contributed by atoms with Crippen LogP contribution in [0.4, 0.5) is 5.69 Å². The van der Waals surface area contributed by atoms with Gasteiger partial charge in [0.25, 0.3) is 0 Å². The Morgan fingerprint density at radius 1 is 0.957 bits per heavy atom. The third kappa shape index (κ3) is 7.44. The molecular weight excluding hydrogens is 352 g/mol. The Labute approximate surface area is 149 Å². The number of nitrogens with zero attached hydrogens (tertiary/aromatic N) is 2. The van der Waals surface area contributed by atoms with E-state index in [4.69, 9.17) is 0 Å². The van der Waals surface area contributed by atoms with E-state index in [0.717, 1.165) is 25.1 Å². The number of rotatable bonds is 7. The van der Waals surface area contributed by atoms with Crippen LogP contribution in [0.25, 0.3) is 0 Å². The van der Waals surface area contributed by atoms with Crippen molar-refractivity contribution < 1.29 is 9.59 Å². The molecule has 0 atom stereocenters. The average Bonchev–Trinajstić information content (AvgIpc) is 2.48. The summed E-state index contributed by atoms with van der Waals surface area (Å²) >= 11 is 0. The SMILES string of the molecule is Br.C[N+](C)(CCCc1ccccc1)CC([O-])=Nc1ccccc1. The summed E-state index contributed by atoms with van der Waals surface area (Å²) in [6.45, 7) is 1.40. The second-order valence-electron chi connectivity index (χ2n) is 6.25. The maximum atomic E-state index is 12.1. The molecule has 0 unspecified atom stereocenters. The summed E-state index contributed by atoms with van der Waals surface area (Å²) in [5, 5.41) is 12.1. The smallest absolute Gasteiger partial charge is 0.107 e. The molecule has 0 aliphatic heterocycles. The van der Waals surface area contributed by atoms with Gasteiger partial charge in [-0.25, -0.2) is 0 Å². The van der Waals surface area contributed by atoms with Crippen molar-refractivity contribution in [2.45, 2.75) is 12.8 Å². The van der Waals surface area contributed by atoms with Crippen LogP contribution in [-0.4, -0.2) is 37.6 Å². The van der Waals surface area contributed by atoms with Crippen LogP contribution in [0.5, 0.6) is 0 Å². The average molecular weight is 377 g/mol. The van der Waals surface area contributed by atoms with E-state index < -0.39 is 0 Å². The lowest BCUT2D eigenvalue weighted by Gasteiger charge is -2.32. The van der Waals surface area contributed by atoms with Gasteiger partial charge in [0.2, 0.25) is 0 Å². The van der Waals surface area contributed by atoms with Gasteiger partial charge in [0, 0.05) is 12.3 Å². The number of aryl methyl sites for hydroxylation is 1.